The minimum absolute atomic E-state index is 0.0340. The number of nitrogens with zero attached hydrogens (tertiary/aromatic N) is 1. The van der Waals surface area contributed by atoms with Crippen LogP contribution in [0, 0.1) is 0 Å². The van der Waals surface area contributed by atoms with Gasteiger partial charge in [-0.2, -0.15) is 0 Å². The molecule has 0 aliphatic heterocycles. The number of halogens is 2. The van der Waals surface area contributed by atoms with Gasteiger partial charge < -0.3 is 5.11 Å². The molecule has 0 heterocycles. The van der Waals surface area contributed by atoms with Gasteiger partial charge in [-0.3, -0.25) is 9.10 Å². The second-order valence-corrected chi connectivity index (χ2v) is 8.60. The Morgan fingerprint density at radius 3 is 2.19 bits per heavy atom. The molecule has 0 fully saturated rings. The monoisotopic (exact) mass is 429 g/mol. The van der Waals surface area contributed by atoms with Crippen molar-refractivity contribution in [2.75, 3.05) is 10.8 Å². The average molecular weight is 430 g/mol. The number of carboxylic acid groups (broad SMARTS) is 1. The van der Waals surface area contributed by atoms with Crippen molar-refractivity contribution in [3.63, 3.8) is 0 Å². The topological polar surface area (TPSA) is 74.7 Å². The van der Waals surface area contributed by atoms with Gasteiger partial charge in [-0.15, -0.1) is 0 Å². The van der Waals surface area contributed by atoms with Crippen molar-refractivity contribution in [1.82, 2.24) is 0 Å². The van der Waals surface area contributed by atoms with E-state index in [0.29, 0.717) is 18.5 Å². The Kier molecular flexibility index (Phi) is 7.14. The van der Waals surface area contributed by atoms with Gasteiger partial charge in [-0.1, -0.05) is 55.2 Å². The maximum Gasteiger partial charge on any atom is 0.305 e. The molecule has 2 aromatic carbocycles. The minimum atomic E-state index is -4.11. The molecule has 27 heavy (non-hydrogen) atoms. The summed E-state index contributed by atoms with van der Waals surface area (Å²) in [7, 11) is -4.11. The van der Waals surface area contributed by atoms with Crippen molar-refractivity contribution >= 4 is 44.9 Å². The van der Waals surface area contributed by atoms with Crippen molar-refractivity contribution in [1.29, 1.82) is 0 Å². The zero-order chi connectivity index (χ0) is 20.2. The number of hydrogen-bond donors (Lipinski definition) is 1. The molecule has 0 bridgehead atoms. The summed E-state index contributed by atoms with van der Waals surface area (Å²) in [5.41, 5.74) is 2.16. The summed E-state index contributed by atoms with van der Waals surface area (Å²) in [5, 5.41) is 9.39. The Morgan fingerprint density at radius 1 is 1.07 bits per heavy atom. The molecule has 0 atom stereocenters. The number of rotatable bonds is 8. The molecule has 0 saturated carbocycles. The van der Waals surface area contributed by atoms with Crippen LogP contribution in [0.1, 0.15) is 31.4 Å². The maximum atomic E-state index is 13.4. The van der Waals surface area contributed by atoms with Crippen LogP contribution in [0.25, 0.3) is 0 Å². The van der Waals surface area contributed by atoms with Crippen LogP contribution in [0.15, 0.2) is 41.3 Å². The predicted molar refractivity (Wildman–Crippen MR) is 108 cm³/mol. The second kappa shape index (κ2) is 8.95. The molecule has 2 rings (SSSR count). The Bertz CT molecular complexity index is 922. The minimum Gasteiger partial charge on any atom is -0.481 e. The number of benzene rings is 2. The third-order valence-electron chi connectivity index (χ3n) is 4.20. The quantitative estimate of drug-likeness (QED) is 0.654. The highest BCUT2D eigenvalue weighted by Gasteiger charge is 2.30. The molecule has 0 aromatic heterocycles. The van der Waals surface area contributed by atoms with Gasteiger partial charge >= 0.3 is 5.97 Å². The van der Waals surface area contributed by atoms with Crippen molar-refractivity contribution in [3.8, 4) is 0 Å². The predicted octanol–water partition coefficient (Wildman–Crippen LogP) is 4.79. The van der Waals surface area contributed by atoms with Gasteiger partial charge in [0.2, 0.25) is 0 Å². The molecule has 5 nitrogen and oxygen atoms in total. The summed E-state index contributed by atoms with van der Waals surface area (Å²) >= 11 is 12.1. The highest BCUT2D eigenvalue weighted by atomic mass is 35.5. The molecular formula is C19H21Cl2NO4S. The summed E-state index contributed by atoms with van der Waals surface area (Å²) in [5.74, 6) is -1.08. The van der Waals surface area contributed by atoms with Gasteiger partial charge in [0.05, 0.1) is 17.1 Å². The first-order chi connectivity index (χ1) is 12.7. The number of hydrogen-bond acceptors (Lipinski definition) is 3. The van der Waals surface area contributed by atoms with E-state index in [1.54, 1.807) is 0 Å². The van der Waals surface area contributed by atoms with E-state index in [9.17, 15) is 13.2 Å². The molecule has 0 unspecified atom stereocenters. The van der Waals surface area contributed by atoms with Gasteiger partial charge in [-0.05, 0) is 42.2 Å². The smallest absolute Gasteiger partial charge is 0.305 e. The van der Waals surface area contributed by atoms with Crippen LogP contribution >= 0.6 is 23.2 Å². The lowest BCUT2D eigenvalue weighted by molar-refractivity contribution is -0.136. The molecule has 0 spiro atoms. The van der Waals surface area contributed by atoms with Crippen molar-refractivity contribution in [2.45, 2.75) is 38.0 Å². The average Bonchev–Trinajstić information content (AvgIpc) is 2.63. The highest BCUT2D eigenvalue weighted by Crippen LogP contribution is 2.35. The molecule has 0 amide bonds. The third kappa shape index (κ3) is 4.75. The lowest BCUT2D eigenvalue weighted by Gasteiger charge is -2.28. The Balaban J connectivity index is 2.73. The first-order valence-corrected chi connectivity index (χ1v) is 10.7. The van der Waals surface area contributed by atoms with Crippen LogP contribution in [-0.4, -0.2) is 26.0 Å². The third-order valence-corrected chi connectivity index (χ3v) is 6.72. The van der Waals surface area contributed by atoms with E-state index in [0.717, 1.165) is 15.4 Å². The number of carboxylic acids is 1. The second-order valence-electron chi connectivity index (χ2n) is 5.93. The van der Waals surface area contributed by atoms with E-state index in [4.69, 9.17) is 28.3 Å². The van der Waals surface area contributed by atoms with E-state index < -0.39 is 16.0 Å². The number of anilines is 1. The van der Waals surface area contributed by atoms with Crippen molar-refractivity contribution in [2.24, 2.45) is 0 Å². The number of carbonyl (C=O) groups is 1. The molecule has 146 valence electrons. The van der Waals surface area contributed by atoms with Crippen LogP contribution in [0.2, 0.25) is 10.0 Å². The van der Waals surface area contributed by atoms with Gasteiger partial charge in [0, 0.05) is 11.6 Å². The molecule has 0 radical (unpaired) electrons. The zero-order valence-corrected chi connectivity index (χ0v) is 17.4. The lowest BCUT2D eigenvalue weighted by atomic mass is 10.0. The summed E-state index contributed by atoms with van der Waals surface area (Å²) in [6.07, 6.45) is 0.871. The van der Waals surface area contributed by atoms with E-state index >= 15 is 0 Å². The number of aryl methyl sites for hydroxylation is 2. The summed E-state index contributed by atoms with van der Waals surface area (Å²) < 4.78 is 28.0. The standard InChI is InChI=1S/C19H21Cl2NO4S/c1-3-13-6-5-7-14(4-2)19(13)22(11-10-18(23)24)27(25,26)17-12-15(20)8-9-16(17)21/h5-9,12H,3-4,10-11H2,1-2H3,(H,23,24). The van der Waals surface area contributed by atoms with Gasteiger partial charge in [-0.25, -0.2) is 8.42 Å². The number of aliphatic carboxylic acids is 1. The fraction of sp³-hybridized carbons (Fsp3) is 0.316. The van der Waals surface area contributed by atoms with E-state index in [1.165, 1.54) is 18.2 Å². The van der Waals surface area contributed by atoms with Crippen molar-refractivity contribution in [3.05, 3.63) is 57.6 Å². The Labute approximate surface area is 169 Å². The van der Waals surface area contributed by atoms with Crippen LogP contribution in [0.5, 0.6) is 0 Å². The molecule has 0 aliphatic carbocycles. The lowest BCUT2D eigenvalue weighted by Crippen LogP contribution is -2.35. The molecule has 8 heteroatoms. The molecule has 2 aromatic rings. The first kappa shape index (κ1) is 21.5. The summed E-state index contributed by atoms with van der Waals surface area (Å²) in [6, 6.07) is 9.76. The Hall–Kier alpha value is -1.76. The van der Waals surface area contributed by atoms with E-state index in [2.05, 4.69) is 0 Å². The first-order valence-electron chi connectivity index (χ1n) is 8.52. The molecular weight excluding hydrogens is 409 g/mol. The molecule has 0 aliphatic rings. The van der Waals surface area contributed by atoms with Gasteiger partial charge in [0.25, 0.3) is 10.0 Å². The van der Waals surface area contributed by atoms with Gasteiger partial charge in [0.15, 0.2) is 0 Å². The van der Waals surface area contributed by atoms with Crippen LogP contribution in [-0.2, 0) is 27.7 Å². The zero-order valence-electron chi connectivity index (χ0n) is 15.1. The number of sulfonamides is 1. The van der Waals surface area contributed by atoms with Crippen LogP contribution < -0.4 is 4.31 Å². The summed E-state index contributed by atoms with van der Waals surface area (Å²) in [6.45, 7) is 3.64. The fourth-order valence-corrected chi connectivity index (χ4v) is 5.16. The Morgan fingerprint density at radius 2 is 1.67 bits per heavy atom. The normalized spacial score (nSPS) is 11.4. The highest BCUT2D eigenvalue weighted by molar-refractivity contribution is 7.93. The maximum absolute atomic E-state index is 13.4. The SMILES string of the molecule is CCc1cccc(CC)c1N(CCC(=O)O)S(=O)(=O)c1cc(Cl)ccc1Cl. The van der Waals surface area contributed by atoms with E-state index in [-0.39, 0.29) is 27.9 Å². The fourth-order valence-electron chi connectivity index (χ4n) is 2.88. The molecule has 0 saturated heterocycles. The summed E-state index contributed by atoms with van der Waals surface area (Å²) in [4.78, 5) is 11.0. The van der Waals surface area contributed by atoms with Crippen LogP contribution in [0.3, 0.4) is 0 Å². The largest absolute Gasteiger partial charge is 0.481 e. The van der Waals surface area contributed by atoms with Gasteiger partial charge in [0.1, 0.15) is 4.90 Å². The van der Waals surface area contributed by atoms with E-state index in [1.807, 2.05) is 32.0 Å². The van der Waals surface area contributed by atoms with Crippen LogP contribution in [0.4, 0.5) is 5.69 Å². The number of para-hydroxylation sites is 1. The molecule has 1 N–H and O–H groups in total. The van der Waals surface area contributed by atoms with Crippen molar-refractivity contribution < 1.29 is 18.3 Å².